The van der Waals surface area contributed by atoms with Crippen LogP contribution in [0.2, 0.25) is 0 Å². The molecule has 0 aliphatic carbocycles. The third-order valence-electron chi connectivity index (χ3n) is 5.24. The van der Waals surface area contributed by atoms with Crippen LogP contribution in [0, 0.1) is 41.5 Å². The maximum atomic E-state index is 3.63. The lowest BCUT2D eigenvalue weighted by molar-refractivity contribution is 0.620. The zero-order valence-electron chi connectivity index (χ0n) is 17.1. The molecule has 0 atom stereocenters. The van der Waals surface area contributed by atoms with Crippen LogP contribution < -0.4 is 5.32 Å². The highest BCUT2D eigenvalue weighted by Gasteiger charge is 2.05. The summed E-state index contributed by atoms with van der Waals surface area (Å²) in [6.45, 7) is 15.6. The van der Waals surface area contributed by atoms with Crippen molar-refractivity contribution < 1.29 is 0 Å². The molecule has 1 heteroatoms. The number of hydrogen-bond acceptors (Lipinski definition) is 1. The molecule has 2 aromatic rings. The number of nitrogens with one attached hydrogen (secondary N) is 1. The first kappa shape index (κ1) is 19.7. The Hall–Kier alpha value is -1.60. The molecule has 0 saturated carbocycles. The van der Waals surface area contributed by atoms with Gasteiger partial charge >= 0.3 is 0 Å². The third kappa shape index (κ3) is 5.71. The topological polar surface area (TPSA) is 12.0 Å². The normalized spacial score (nSPS) is 11.1. The average Bonchev–Trinajstić information content (AvgIpc) is 2.50. The minimum Gasteiger partial charge on any atom is -0.317 e. The van der Waals surface area contributed by atoms with Gasteiger partial charge in [0.15, 0.2) is 0 Å². The van der Waals surface area contributed by atoms with E-state index in [-0.39, 0.29) is 0 Å². The Morgan fingerprint density at radius 1 is 0.560 bits per heavy atom. The van der Waals surface area contributed by atoms with Crippen LogP contribution in [0.4, 0.5) is 0 Å². The molecule has 2 aromatic carbocycles. The van der Waals surface area contributed by atoms with Crippen molar-refractivity contribution in [3.63, 3.8) is 0 Å². The summed E-state index contributed by atoms with van der Waals surface area (Å²) in [6, 6.07) is 9.23. The quantitative estimate of drug-likeness (QED) is 0.610. The number of benzene rings is 2. The molecule has 0 bridgehead atoms. The first-order valence-electron chi connectivity index (χ1n) is 9.72. The zero-order valence-corrected chi connectivity index (χ0v) is 17.1. The fourth-order valence-corrected chi connectivity index (χ4v) is 4.11. The van der Waals surface area contributed by atoms with Gasteiger partial charge in [0, 0.05) is 0 Å². The summed E-state index contributed by atoms with van der Waals surface area (Å²) < 4.78 is 0. The van der Waals surface area contributed by atoms with Gasteiger partial charge in [-0.05, 0) is 114 Å². The summed E-state index contributed by atoms with van der Waals surface area (Å²) in [7, 11) is 0. The molecule has 0 heterocycles. The molecular formula is C24H35N. The summed E-state index contributed by atoms with van der Waals surface area (Å²) in [5.74, 6) is 0. The third-order valence-corrected chi connectivity index (χ3v) is 5.24. The average molecular weight is 338 g/mol. The molecule has 1 N–H and O–H groups in total. The monoisotopic (exact) mass is 337 g/mol. The molecule has 25 heavy (non-hydrogen) atoms. The number of rotatable bonds is 8. The molecule has 1 nitrogen and oxygen atoms in total. The van der Waals surface area contributed by atoms with Gasteiger partial charge in [-0.15, -0.1) is 0 Å². The molecule has 0 radical (unpaired) electrons. The van der Waals surface area contributed by atoms with Gasteiger partial charge in [0.1, 0.15) is 0 Å². The molecule has 0 fully saturated rings. The predicted molar refractivity (Wildman–Crippen MR) is 111 cm³/mol. The van der Waals surface area contributed by atoms with Gasteiger partial charge < -0.3 is 5.32 Å². The van der Waals surface area contributed by atoms with Crippen molar-refractivity contribution in [3.05, 3.63) is 68.8 Å². The van der Waals surface area contributed by atoms with Gasteiger partial charge in [-0.25, -0.2) is 0 Å². The van der Waals surface area contributed by atoms with E-state index in [1.165, 1.54) is 59.1 Å². The highest BCUT2D eigenvalue weighted by atomic mass is 14.8. The Morgan fingerprint density at radius 3 is 1.20 bits per heavy atom. The number of aryl methyl sites for hydroxylation is 6. The summed E-state index contributed by atoms with van der Waals surface area (Å²) in [4.78, 5) is 0. The molecule has 0 spiro atoms. The van der Waals surface area contributed by atoms with Gasteiger partial charge in [-0.2, -0.15) is 0 Å². The van der Waals surface area contributed by atoms with Crippen LogP contribution in [0.5, 0.6) is 0 Å². The minimum absolute atomic E-state index is 1.11. The van der Waals surface area contributed by atoms with Crippen molar-refractivity contribution in [1.82, 2.24) is 5.32 Å². The van der Waals surface area contributed by atoms with Crippen LogP contribution in [0.1, 0.15) is 57.3 Å². The van der Waals surface area contributed by atoms with E-state index < -0.39 is 0 Å². The first-order valence-corrected chi connectivity index (χ1v) is 9.72. The highest BCUT2D eigenvalue weighted by molar-refractivity contribution is 5.38. The maximum Gasteiger partial charge on any atom is -0.00457 e. The van der Waals surface area contributed by atoms with Gasteiger partial charge in [-0.3, -0.25) is 0 Å². The van der Waals surface area contributed by atoms with E-state index in [0.717, 1.165) is 13.1 Å². The summed E-state index contributed by atoms with van der Waals surface area (Å²) >= 11 is 0. The van der Waals surface area contributed by atoms with Gasteiger partial charge in [0.05, 0.1) is 0 Å². The SMILES string of the molecule is Cc1cc(C)c(CCCNCCCc2c(C)cc(C)cc2C)c(C)c1. The Labute approximate surface area is 154 Å². The van der Waals surface area contributed by atoms with Gasteiger partial charge in [-0.1, -0.05) is 35.4 Å². The van der Waals surface area contributed by atoms with E-state index >= 15 is 0 Å². The van der Waals surface area contributed by atoms with Crippen molar-refractivity contribution in [1.29, 1.82) is 0 Å². The lowest BCUT2D eigenvalue weighted by atomic mass is 9.96. The predicted octanol–water partition coefficient (Wildman–Crippen LogP) is 5.69. The standard InChI is InChI=1S/C24H35N/c1-17-13-19(3)23(20(4)14-17)9-7-11-25-12-8-10-24-21(5)15-18(2)16-22(24)6/h13-16,25H,7-12H2,1-6H3. The van der Waals surface area contributed by atoms with E-state index in [1.54, 1.807) is 11.1 Å². The Kier molecular flexibility index (Phi) is 7.25. The van der Waals surface area contributed by atoms with E-state index in [1.807, 2.05) is 0 Å². The molecule has 136 valence electrons. The lowest BCUT2D eigenvalue weighted by Gasteiger charge is -2.13. The maximum absolute atomic E-state index is 3.63. The van der Waals surface area contributed by atoms with Crippen molar-refractivity contribution in [2.45, 2.75) is 67.2 Å². The van der Waals surface area contributed by atoms with Gasteiger partial charge in [0.2, 0.25) is 0 Å². The Morgan fingerprint density at radius 2 is 0.880 bits per heavy atom. The largest absolute Gasteiger partial charge is 0.317 e. The molecule has 0 amide bonds. The molecule has 0 unspecified atom stereocenters. The fourth-order valence-electron chi connectivity index (χ4n) is 4.11. The highest BCUT2D eigenvalue weighted by Crippen LogP contribution is 2.19. The first-order chi connectivity index (χ1) is 11.9. The van der Waals surface area contributed by atoms with E-state index in [9.17, 15) is 0 Å². The van der Waals surface area contributed by atoms with Crippen molar-refractivity contribution in [3.8, 4) is 0 Å². The van der Waals surface area contributed by atoms with E-state index in [0.29, 0.717) is 0 Å². The molecule has 0 aliphatic rings. The zero-order chi connectivity index (χ0) is 18.4. The van der Waals surface area contributed by atoms with Crippen LogP contribution in [0.15, 0.2) is 24.3 Å². The molecular weight excluding hydrogens is 302 g/mol. The smallest absolute Gasteiger partial charge is 0.00457 e. The second-order valence-electron chi connectivity index (χ2n) is 7.71. The second kappa shape index (κ2) is 9.20. The lowest BCUT2D eigenvalue weighted by Crippen LogP contribution is -2.18. The van der Waals surface area contributed by atoms with Crippen molar-refractivity contribution in [2.75, 3.05) is 13.1 Å². The second-order valence-corrected chi connectivity index (χ2v) is 7.71. The summed E-state index contributed by atoms with van der Waals surface area (Å²) in [5.41, 5.74) is 11.6. The Balaban J connectivity index is 1.69. The van der Waals surface area contributed by atoms with Crippen LogP contribution in [-0.4, -0.2) is 13.1 Å². The molecule has 0 saturated heterocycles. The van der Waals surface area contributed by atoms with Crippen LogP contribution in [0.25, 0.3) is 0 Å². The van der Waals surface area contributed by atoms with Crippen LogP contribution in [0.3, 0.4) is 0 Å². The van der Waals surface area contributed by atoms with Crippen molar-refractivity contribution in [2.24, 2.45) is 0 Å². The van der Waals surface area contributed by atoms with Gasteiger partial charge in [0.25, 0.3) is 0 Å². The molecule has 0 aromatic heterocycles. The van der Waals surface area contributed by atoms with Crippen LogP contribution in [-0.2, 0) is 12.8 Å². The van der Waals surface area contributed by atoms with E-state index in [4.69, 9.17) is 0 Å². The Bertz CT molecular complexity index is 605. The molecule has 2 rings (SSSR count). The van der Waals surface area contributed by atoms with Crippen molar-refractivity contribution >= 4 is 0 Å². The fraction of sp³-hybridized carbons (Fsp3) is 0.500. The summed E-state index contributed by atoms with van der Waals surface area (Å²) in [5, 5.41) is 3.63. The van der Waals surface area contributed by atoms with Crippen LogP contribution >= 0.6 is 0 Å². The number of hydrogen-bond donors (Lipinski definition) is 1. The van der Waals surface area contributed by atoms with E-state index in [2.05, 4.69) is 71.1 Å². The summed E-state index contributed by atoms with van der Waals surface area (Å²) in [6.07, 6.45) is 4.79. The minimum atomic E-state index is 1.11. The molecule has 0 aliphatic heterocycles.